The number of aromatic nitrogens is 2. The first-order valence-corrected chi connectivity index (χ1v) is 10.8. The summed E-state index contributed by atoms with van der Waals surface area (Å²) in [6.45, 7) is 9.81. The Kier molecular flexibility index (Phi) is 5.56. The average Bonchev–Trinajstić information content (AvgIpc) is 2.68. The number of aromatic amines is 1. The fourth-order valence-electron chi connectivity index (χ4n) is 4.74. The van der Waals surface area contributed by atoms with Gasteiger partial charge in [0, 0.05) is 25.2 Å². The summed E-state index contributed by atoms with van der Waals surface area (Å²) in [5.74, 6) is -0.0126. The first-order chi connectivity index (χ1) is 14.7. The fraction of sp³-hybridized carbons (Fsp3) is 0.478. The number of amides is 2. The van der Waals surface area contributed by atoms with Gasteiger partial charge >= 0.3 is 0 Å². The van der Waals surface area contributed by atoms with Crippen LogP contribution in [0.1, 0.15) is 49.3 Å². The smallest absolute Gasteiger partial charge is 0.258 e. The standard InChI is InChI=1S/C23H29N5O3/c1-12-5-6-17(15(4)8-12)24-21(30)16-9-18(29)25-20-19(16)22(31)27-23(26-20)28-10-13(2)7-14(3)11-28/h5-6,8,13-14,16H,7,9-11H2,1-4H3,(H,24,30)(H2,25,26,27,29,31)/t13-,14+,16-/m0/s1. The molecule has 0 radical (unpaired) electrons. The molecule has 1 fully saturated rings. The molecule has 1 aromatic heterocycles. The number of fused-ring (bicyclic) bond motifs is 1. The van der Waals surface area contributed by atoms with E-state index >= 15 is 0 Å². The zero-order chi connectivity index (χ0) is 22.3. The second-order valence-electron chi connectivity index (χ2n) is 9.12. The Morgan fingerprint density at radius 3 is 2.55 bits per heavy atom. The fourth-order valence-corrected chi connectivity index (χ4v) is 4.74. The van der Waals surface area contributed by atoms with E-state index in [4.69, 9.17) is 0 Å². The van der Waals surface area contributed by atoms with Gasteiger partial charge in [-0.25, -0.2) is 0 Å². The third-order valence-corrected chi connectivity index (χ3v) is 6.06. The van der Waals surface area contributed by atoms with Gasteiger partial charge in [0.05, 0.1) is 11.5 Å². The van der Waals surface area contributed by atoms with Crippen LogP contribution in [0, 0.1) is 25.7 Å². The molecule has 4 rings (SSSR count). The Hall–Kier alpha value is -3.16. The Morgan fingerprint density at radius 1 is 1.16 bits per heavy atom. The number of hydrogen-bond acceptors (Lipinski definition) is 5. The van der Waals surface area contributed by atoms with Crippen LogP contribution in [0.2, 0.25) is 0 Å². The first kappa shape index (κ1) is 21.1. The highest BCUT2D eigenvalue weighted by molar-refractivity contribution is 6.04. The van der Waals surface area contributed by atoms with Crippen LogP contribution < -0.4 is 21.1 Å². The molecule has 3 atom stereocenters. The lowest BCUT2D eigenvalue weighted by Crippen LogP contribution is -2.42. The Labute approximate surface area is 181 Å². The van der Waals surface area contributed by atoms with E-state index in [1.807, 2.05) is 36.9 Å². The number of carbonyl (C=O) groups excluding carboxylic acids is 2. The SMILES string of the molecule is Cc1ccc(NC(=O)[C@H]2CC(=O)Nc3nc(N4C[C@H](C)C[C@H](C)C4)[nH]c(=O)c32)c(C)c1. The molecule has 0 spiro atoms. The second-order valence-corrected chi connectivity index (χ2v) is 9.12. The molecule has 31 heavy (non-hydrogen) atoms. The lowest BCUT2D eigenvalue weighted by molar-refractivity contribution is -0.123. The number of hydrogen-bond donors (Lipinski definition) is 3. The van der Waals surface area contributed by atoms with Gasteiger partial charge in [0.2, 0.25) is 17.8 Å². The Morgan fingerprint density at radius 2 is 1.87 bits per heavy atom. The third kappa shape index (κ3) is 4.33. The molecule has 8 heteroatoms. The topological polar surface area (TPSA) is 107 Å². The van der Waals surface area contributed by atoms with Gasteiger partial charge in [-0.05, 0) is 43.7 Å². The number of carbonyl (C=O) groups is 2. The van der Waals surface area contributed by atoms with E-state index in [1.54, 1.807) is 0 Å². The van der Waals surface area contributed by atoms with Crippen LogP contribution in [0.15, 0.2) is 23.0 Å². The van der Waals surface area contributed by atoms with Gasteiger partial charge in [-0.1, -0.05) is 31.5 Å². The minimum Gasteiger partial charge on any atom is -0.342 e. The normalized spacial score (nSPS) is 23.2. The van der Waals surface area contributed by atoms with Crippen molar-refractivity contribution in [2.24, 2.45) is 11.8 Å². The summed E-state index contributed by atoms with van der Waals surface area (Å²) < 4.78 is 0. The molecule has 2 aliphatic heterocycles. The molecule has 0 aliphatic carbocycles. The van der Waals surface area contributed by atoms with Gasteiger partial charge in [0.1, 0.15) is 5.82 Å². The molecule has 1 aromatic carbocycles. The maximum atomic E-state index is 13.1. The molecule has 3 heterocycles. The molecule has 0 saturated carbocycles. The lowest BCUT2D eigenvalue weighted by Gasteiger charge is -2.35. The van der Waals surface area contributed by atoms with Crippen molar-refractivity contribution in [3.8, 4) is 0 Å². The van der Waals surface area contributed by atoms with Crippen LogP contribution >= 0.6 is 0 Å². The number of H-pyrrole nitrogens is 1. The maximum Gasteiger partial charge on any atom is 0.258 e. The van der Waals surface area contributed by atoms with Gasteiger partial charge in [0.25, 0.3) is 5.56 Å². The number of nitrogens with one attached hydrogen (secondary N) is 3. The highest BCUT2D eigenvalue weighted by atomic mass is 16.2. The van der Waals surface area contributed by atoms with Crippen LogP contribution in [0.3, 0.4) is 0 Å². The van der Waals surface area contributed by atoms with Gasteiger partial charge < -0.3 is 15.5 Å². The molecule has 8 nitrogen and oxygen atoms in total. The van der Waals surface area contributed by atoms with E-state index in [0.29, 0.717) is 23.5 Å². The molecule has 1 saturated heterocycles. The molecule has 2 aliphatic rings. The van der Waals surface area contributed by atoms with E-state index in [2.05, 4.69) is 34.4 Å². The lowest BCUT2D eigenvalue weighted by atomic mass is 9.91. The van der Waals surface area contributed by atoms with E-state index < -0.39 is 5.92 Å². The third-order valence-electron chi connectivity index (χ3n) is 6.06. The van der Waals surface area contributed by atoms with Crippen molar-refractivity contribution >= 4 is 29.3 Å². The maximum absolute atomic E-state index is 13.1. The number of benzene rings is 1. The summed E-state index contributed by atoms with van der Waals surface area (Å²) in [4.78, 5) is 47.9. The molecule has 164 valence electrons. The quantitative estimate of drug-likeness (QED) is 0.704. The number of anilines is 3. The van der Waals surface area contributed by atoms with Crippen LogP contribution in [0.25, 0.3) is 0 Å². The van der Waals surface area contributed by atoms with Crippen molar-refractivity contribution in [2.45, 2.75) is 46.5 Å². The number of piperidine rings is 1. The largest absolute Gasteiger partial charge is 0.342 e. The molecule has 2 aromatic rings. The summed E-state index contributed by atoms with van der Waals surface area (Å²) in [5.41, 5.74) is 2.51. The molecule has 0 bridgehead atoms. The number of rotatable bonds is 3. The minimum absolute atomic E-state index is 0.0916. The summed E-state index contributed by atoms with van der Waals surface area (Å²) in [7, 11) is 0. The van der Waals surface area contributed by atoms with Gasteiger partial charge in [-0.15, -0.1) is 0 Å². The van der Waals surface area contributed by atoms with Gasteiger partial charge in [0.15, 0.2) is 0 Å². The van der Waals surface area contributed by atoms with Crippen LogP contribution in [-0.4, -0.2) is 34.9 Å². The van der Waals surface area contributed by atoms with Crippen LogP contribution in [0.4, 0.5) is 17.5 Å². The minimum atomic E-state index is -0.894. The van der Waals surface area contributed by atoms with Crippen LogP contribution in [0.5, 0.6) is 0 Å². The average molecular weight is 424 g/mol. The zero-order valence-electron chi connectivity index (χ0n) is 18.4. The molecular formula is C23H29N5O3. The van der Waals surface area contributed by atoms with Crippen molar-refractivity contribution < 1.29 is 9.59 Å². The highest BCUT2D eigenvalue weighted by Gasteiger charge is 2.35. The molecular weight excluding hydrogens is 394 g/mol. The van der Waals surface area contributed by atoms with Gasteiger partial charge in [-0.2, -0.15) is 4.98 Å². The summed E-state index contributed by atoms with van der Waals surface area (Å²) in [6.07, 6.45) is 1.04. The van der Waals surface area contributed by atoms with Crippen LogP contribution in [-0.2, 0) is 9.59 Å². The van der Waals surface area contributed by atoms with E-state index in [1.165, 1.54) is 0 Å². The summed E-state index contributed by atoms with van der Waals surface area (Å²) >= 11 is 0. The summed E-state index contributed by atoms with van der Waals surface area (Å²) in [5, 5.41) is 5.57. The van der Waals surface area contributed by atoms with Crippen molar-refractivity contribution in [1.82, 2.24) is 9.97 Å². The van der Waals surface area contributed by atoms with Crippen molar-refractivity contribution in [3.05, 3.63) is 45.2 Å². The number of nitrogens with zero attached hydrogens (tertiary/aromatic N) is 2. The monoisotopic (exact) mass is 423 g/mol. The van der Waals surface area contributed by atoms with E-state index in [0.717, 1.165) is 30.6 Å². The summed E-state index contributed by atoms with van der Waals surface area (Å²) in [6, 6.07) is 5.71. The van der Waals surface area contributed by atoms with Crippen molar-refractivity contribution in [3.63, 3.8) is 0 Å². The molecule has 3 N–H and O–H groups in total. The predicted molar refractivity (Wildman–Crippen MR) is 121 cm³/mol. The van der Waals surface area contributed by atoms with Crippen molar-refractivity contribution in [1.29, 1.82) is 0 Å². The Balaban J connectivity index is 1.65. The Bertz CT molecular complexity index is 1080. The predicted octanol–water partition coefficient (Wildman–Crippen LogP) is 2.93. The highest BCUT2D eigenvalue weighted by Crippen LogP contribution is 2.32. The molecule has 2 amide bonds. The van der Waals surface area contributed by atoms with E-state index in [-0.39, 0.29) is 35.2 Å². The zero-order valence-corrected chi connectivity index (χ0v) is 18.4. The molecule has 0 unspecified atom stereocenters. The van der Waals surface area contributed by atoms with E-state index in [9.17, 15) is 14.4 Å². The van der Waals surface area contributed by atoms with Gasteiger partial charge in [-0.3, -0.25) is 19.4 Å². The number of aryl methyl sites for hydroxylation is 2. The second kappa shape index (κ2) is 8.17. The first-order valence-electron chi connectivity index (χ1n) is 10.8. The van der Waals surface area contributed by atoms with Crippen molar-refractivity contribution in [2.75, 3.05) is 28.6 Å².